The van der Waals surface area contributed by atoms with Crippen LogP contribution in [0.2, 0.25) is 0 Å². The fourth-order valence-electron chi connectivity index (χ4n) is 2.97. The van der Waals surface area contributed by atoms with Crippen LogP contribution in [0.15, 0.2) is 36.9 Å². The third-order valence-electron chi connectivity index (χ3n) is 4.34. The quantitative estimate of drug-likeness (QED) is 0.871. The zero-order chi connectivity index (χ0) is 15.7. The summed E-state index contributed by atoms with van der Waals surface area (Å²) in [6.45, 7) is 7.70. The molecule has 1 unspecified atom stereocenters. The van der Waals surface area contributed by atoms with Gasteiger partial charge in [0.25, 0.3) is 0 Å². The van der Waals surface area contributed by atoms with Crippen molar-refractivity contribution in [1.29, 1.82) is 0 Å². The minimum absolute atomic E-state index is 0.167. The average Bonchev–Trinajstić information content (AvgIpc) is 2.95. The summed E-state index contributed by atoms with van der Waals surface area (Å²) in [7, 11) is 0. The largest absolute Gasteiger partial charge is 0.340 e. The van der Waals surface area contributed by atoms with E-state index in [4.69, 9.17) is 0 Å². The Hall–Kier alpha value is -2.17. The summed E-state index contributed by atoms with van der Waals surface area (Å²) >= 11 is 0. The number of hydrogen-bond acceptors (Lipinski definition) is 3. The molecule has 1 aliphatic heterocycles. The second-order valence-electron chi connectivity index (χ2n) is 6.25. The molecule has 3 rings (SSSR count). The molecule has 1 aliphatic rings. The number of likely N-dealkylation sites (tertiary alicyclic amines) is 1. The molecular weight excluding hydrogens is 276 g/mol. The summed E-state index contributed by atoms with van der Waals surface area (Å²) in [4.78, 5) is 23.1. The first-order valence-electron chi connectivity index (χ1n) is 7.79. The molecule has 0 aromatic carbocycles. The van der Waals surface area contributed by atoms with Crippen molar-refractivity contribution < 1.29 is 4.79 Å². The lowest BCUT2D eigenvalue weighted by atomic mass is 9.92. The Labute approximate surface area is 131 Å². The number of aromatic nitrogens is 3. The van der Waals surface area contributed by atoms with Gasteiger partial charge in [-0.05, 0) is 18.6 Å². The number of rotatable bonds is 4. The van der Waals surface area contributed by atoms with Crippen molar-refractivity contribution in [1.82, 2.24) is 19.4 Å². The second kappa shape index (κ2) is 5.91. The van der Waals surface area contributed by atoms with Crippen molar-refractivity contribution in [3.8, 4) is 0 Å². The molecule has 0 saturated carbocycles. The van der Waals surface area contributed by atoms with Crippen molar-refractivity contribution in [2.45, 2.75) is 38.6 Å². The lowest BCUT2D eigenvalue weighted by Crippen LogP contribution is -2.50. The van der Waals surface area contributed by atoms with Gasteiger partial charge < -0.3 is 9.47 Å². The van der Waals surface area contributed by atoms with Crippen molar-refractivity contribution in [3.63, 3.8) is 0 Å². The van der Waals surface area contributed by atoms with Gasteiger partial charge in [0.1, 0.15) is 11.9 Å². The monoisotopic (exact) mass is 298 g/mol. The van der Waals surface area contributed by atoms with E-state index in [0.717, 1.165) is 18.9 Å². The molecule has 1 fully saturated rings. The molecule has 22 heavy (non-hydrogen) atoms. The predicted octanol–water partition coefficient (Wildman–Crippen LogP) is 2.59. The van der Waals surface area contributed by atoms with Crippen LogP contribution in [0.3, 0.4) is 0 Å². The highest BCUT2D eigenvalue weighted by molar-refractivity contribution is 5.81. The highest BCUT2D eigenvalue weighted by Crippen LogP contribution is 2.29. The lowest BCUT2D eigenvalue weighted by molar-refractivity contribution is -0.138. The fraction of sp³-hybridized carbons (Fsp3) is 0.471. The van der Waals surface area contributed by atoms with Gasteiger partial charge in [-0.1, -0.05) is 19.9 Å². The topological polar surface area (TPSA) is 51.0 Å². The van der Waals surface area contributed by atoms with E-state index in [1.165, 1.54) is 5.56 Å². The maximum Gasteiger partial charge on any atom is 0.245 e. The van der Waals surface area contributed by atoms with Crippen LogP contribution in [-0.4, -0.2) is 38.4 Å². The first-order chi connectivity index (χ1) is 10.6. The van der Waals surface area contributed by atoms with Crippen LogP contribution in [0, 0.1) is 0 Å². The third kappa shape index (κ3) is 2.63. The highest BCUT2D eigenvalue weighted by Gasteiger charge is 2.34. The number of carbonyl (C=O) groups is 1. The third-order valence-corrected chi connectivity index (χ3v) is 4.34. The number of nitrogens with zero attached hydrogens (tertiary/aromatic N) is 4. The molecule has 116 valence electrons. The number of carbonyl (C=O) groups excluding carboxylic acids is 1. The number of pyridine rings is 1. The van der Waals surface area contributed by atoms with Gasteiger partial charge in [0, 0.05) is 49.7 Å². The molecule has 3 heterocycles. The highest BCUT2D eigenvalue weighted by atomic mass is 16.2. The van der Waals surface area contributed by atoms with Crippen molar-refractivity contribution in [2.75, 3.05) is 13.1 Å². The van der Waals surface area contributed by atoms with E-state index in [0.29, 0.717) is 11.8 Å². The minimum Gasteiger partial charge on any atom is -0.340 e. The number of hydrogen-bond donors (Lipinski definition) is 0. The van der Waals surface area contributed by atoms with Crippen molar-refractivity contribution in [3.05, 3.63) is 48.3 Å². The van der Waals surface area contributed by atoms with E-state index in [9.17, 15) is 4.79 Å². The number of imidazole rings is 1. The van der Waals surface area contributed by atoms with Gasteiger partial charge in [-0.2, -0.15) is 0 Å². The number of amides is 1. The summed E-state index contributed by atoms with van der Waals surface area (Å²) in [5.41, 5.74) is 1.21. The van der Waals surface area contributed by atoms with Gasteiger partial charge in [0.05, 0.1) is 0 Å². The Morgan fingerprint density at radius 3 is 2.68 bits per heavy atom. The smallest absolute Gasteiger partial charge is 0.245 e. The first-order valence-corrected chi connectivity index (χ1v) is 7.79. The summed E-state index contributed by atoms with van der Waals surface area (Å²) in [5.74, 6) is 1.85. The summed E-state index contributed by atoms with van der Waals surface area (Å²) in [5, 5.41) is 0. The van der Waals surface area contributed by atoms with Gasteiger partial charge in [0.15, 0.2) is 0 Å². The maximum atomic E-state index is 12.6. The fourth-order valence-corrected chi connectivity index (χ4v) is 2.97. The molecule has 1 saturated heterocycles. The molecule has 1 atom stereocenters. The van der Waals surface area contributed by atoms with Crippen LogP contribution < -0.4 is 0 Å². The van der Waals surface area contributed by atoms with E-state index in [1.807, 2.05) is 34.9 Å². The molecule has 2 aromatic heterocycles. The SMILES string of the molecule is CC(C)c1nccn1C(C)C(=O)N1CC(c2cccnc2)C1. The lowest BCUT2D eigenvalue weighted by Gasteiger charge is -2.41. The molecule has 1 amide bonds. The molecule has 5 nitrogen and oxygen atoms in total. The van der Waals surface area contributed by atoms with Gasteiger partial charge in [-0.25, -0.2) is 4.98 Å². The zero-order valence-corrected chi connectivity index (χ0v) is 13.3. The van der Waals surface area contributed by atoms with Gasteiger partial charge in [-0.15, -0.1) is 0 Å². The van der Waals surface area contributed by atoms with E-state index < -0.39 is 0 Å². The molecule has 0 N–H and O–H groups in total. The van der Waals surface area contributed by atoms with Crippen molar-refractivity contribution in [2.24, 2.45) is 0 Å². The minimum atomic E-state index is -0.199. The van der Waals surface area contributed by atoms with E-state index in [-0.39, 0.29) is 11.9 Å². The molecule has 0 bridgehead atoms. The van der Waals surface area contributed by atoms with Crippen LogP contribution in [0.25, 0.3) is 0 Å². The predicted molar refractivity (Wildman–Crippen MR) is 84.6 cm³/mol. The molecule has 0 spiro atoms. The van der Waals surface area contributed by atoms with Gasteiger partial charge in [-0.3, -0.25) is 9.78 Å². The van der Waals surface area contributed by atoms with E-state index >= 15 is 0 Å². The standard InChI is InChI=1S/C17H22N4O/c1-12(2)16-19-7-8-21(16)13(3)17(22)20-10-15(11-20)14-5-4-6-18-9-14/h4-9,12-13,15H,10-11H2,1-3H3. The maximum absolute atomic E-state index is 12.6. The Balaban J connectivity index is 1.65. The molecule has 0 radical (unpaired) electrons. The van der Waals surface area contributed by atoms with Crippen LogP contribution in [0.4, 0.5) is 0 Å². The Kier molecular flexibility index (Phi) is 3.96. The van der Waals surface area contributed by atoms with Gasteiger partial charge >= 0.3 is 0 Å². The zero-order valence-electron chi connectivity index (χ0n) is 13.3. The van der Waals surface area contributed by atoms with Crippen LogP contribution in [-0.2, 0) is 4.79 Å². The molecular formula is C17H22N4O. The van der Waals surface area contributed by atoms with Crippen LogP contribution in [0.1, 0.15) is 50.0 Å². The summed E-state index contributed by atoms with van der Waals surface area (Å²) in [6.07, 6.45) is 7.34. The van der Waals surface area contributed by atoms with Crippen molar-refractivity contribution >= 4 is 5.91 Å². The Morgan fingerprint density at radius 1 is 1.27 bits per heavy atom. The average molecular weight is 298 g/mol. The molecule has 5 heteroatoms. The summed E-state index contributed by atoms with van der Waals surface area (Å²) < 4.78 is 1.99. The molecule has 2 aromatic rings. The molecule has 0 aliphatic carbocycles. The second-order valence-corrected chi connectivity index (χ2v) is 6.25. The normalized spacial score (nSPS) is 16.6. The Bertz CT molecular complexity index is 644. The first kappa shape index (κ1) is 14.8. The van der Waals surface area contributed by atoms with Crippen LogP contribution in [0.5, 0.6) is 0 Å². The van der Waals surface area contributed by atoms with Crippen LogP contribution >= 0.6 is 0 Å². The summed E-state index contributed by atoms with van der Waals surface area (Å²) in [6, 6.07) is 3.83. The van der Waals surface area contributed by atoms with E-state index in [2.05, 4.69) is 29.9 Å². The van der Waals surface area contributed by atoms with E-state index in [1.54, 1.807) is 12.4 Å². The Morgan fingerprint density at radius 2 is 2.05 bits per heavy atom. The van der Waals surface area contributed by atoms with Gasteiger partial charge in [0.2, 0.25) is 5.91 Å².